The molecule has 1 aromatic carbocycles. The molecule has 0 spiro atoms. The Hall–Kier alpha value is -3.45. The van der Waals surface area contributed by atoms with E-state index in [1.807, 2.05) is 18.2 Å². The van der Waals surface area contributed by atoms with Crippen molar-refractivity contribution in [3.63, 3.8) is 0 Å². The van der Waals surface area contributed by atoms with Crippen molar-refractivity contribution in [3.05, 3.63) is 76.7 Å². The first kappa shape index (κ1) is 26.2. The predicted molar refractivity (Wildman–Crippen MR) is 147 cm³/mol. The molecule has 1 atom stereocenters. The summed E-state index contributed by atoms with van der Waals surface area (Å²) in [5.74, 6) is -0.610. The van der Waals surface area contributed by atoms with Gasteiger partial charge in [-0.15, -0.1) is 0 Å². The van der Waals surface area contributed by atoms with E-state index in [2.05, 4.69) is 69.9 Å². The molecule has 0 saturated carbocycles. The van der Waals surface area contributed by atoms with Gasteiger partial charge in [0.25, 0.3) is 0 Å². The van der Waals surface area contributed by atoms with Crippen molar-refractivity contribution >= 4 is 21.7 Å². The van der Waals surface area contributed by atoms with Gasteiger partial charge in [0.1, 0.15) is 27.9 Å². The van der Waals surface area contributed by atoms with Crippen LogP contribution in [0, 0.1) is 11.3 Å². The molecular weight excluding hydrogens is 496 g/mol. The molecule has 0 amide bonds. The third-order valence-corrected chi connectivity index (χ3v) is 7.37. The summed E-state index contributed by atoms with van der Waals surface area (Å²) in [5.41, 5.74) is 3.55. The summed E-state index contributed by atoms with van der Waals surface area (Å²) in [6, 6.07) is 16.5. The molecule has 1 fully saturated rings. The molecule has 0 aliphatic carbocycles. The van der Waals surface area contributed by atoms with Crippen molar-refractivity contribution in [3.8, 4) is 12.1 Å². The Morgan fingerprint density at radius 2 is 1.87 bits per heavy atom. The van der Waals surface area contributed by atoms with Gasteiger partial charge in [0.15, 0.2) is 0 Å². The minimum absolute atomic E-state index is 0.0904. The van der Waals surface area contributed by atoms with Crippen LogP contribution in [-0.2, 0) is 17.9 Å². The number of nitrogens with zero attached hydrogens (tertiary/aromatic N) is 6. The molecule has 1 saturated heterocycles. The van der Waals surface area contributed by atoms with Crippen LogP contribution >= 0.6 is 11.3 Å². The van der Waals surface area contributed by atoms with Crippen molar-refractivity contribution in [2.45, 2.75) is 64.4 Å². The van der Waals surface area contributed by atoms with Crippen LogP contribution in [0.3, 0.4) is 0 Å². The van der Waals surface area contributed by atoms with Crippen LogP contribution in [0.5, 0.6) is 6.01 Å². The van der Waals surface area contributed by atoms with Crippen LogP contribution in [0.2, 0.25) is 0 Å². The third kappa shape index (κ3) is 6.70. The molecule has 38 heavy (non-hydrogen) atoms. The van der Waals surface area contributed by atoms with Crippen LogP contribution in [0.15, 0.2) is 54.9 Å². The molecule has 0 bridgehead atoms. The second-order valence-corrected chi connectivity index (χ2v) is 11.5. The highest BCUT2D eigenvalue weighted by atomic mass is 32.1. The molecular formula is C29H32N6O2S. The fraction of sp³-hybridized carbons (Fsp3) is 0.414. The maximum atomic E-state index is 9.87. The van der Waals surface area contributed by atoms with Crippen molar-refractivity contribution in [1.82, 2.24) is 24.8 Å². The van der Waals surface area contributed by atoms with Crippen LogP contribution < -0.4 is 4.74 Å². The Morgan fingerprint density at radius 1 is 1.05 bits per heavy atom. The Bertz CT molecular complexity index is 1390. The first-order chi connectivity index (χ1) is 18.4. The number of pyridine rings is 1. The second-order valence-electron chi connectivity index (χ2n) is 10.5. The molecule has 0 radical (unpaired) electrons. The lowest BCUT2D eigenvalue weighted by Crippen LogP contribution is -2.39. The van der Waals surface area contributed by atoms with Gasteiger partial charge in [0, 0.05) is 32.0 Å². The zero-order valence-electron chi connectivity index (χ0n) is 22.0. The number of likely N-dealkylation sites (tertiary alicyclic amines) is 1. The lowest BCUT2D eigenvalue weighted by atomic mass is 10.0. The second kappa shape index (κ2) is 11.5. The fourth-order valence-corrected chi connectivity index (χ4v) is 5.62. The van der Waals surface area contributed by atoms with Gasteiger partial charge >= 0.3 is 6.01 Å². The molecule has 9 heteroatoms. The van der Waals surface area contributed by atoms with Crippen LogP contribution in [0.25, 0.3) is 10.3 Å². The molecule has 5 rings (SSSR count). The van der Waals surface area contributed by atoms with Crippen LogP contribution in [0.4, 0.5) is 0 Å². The number of benzene rings is 1. The van der Waals surface area contributed by atoms with Gasteiger partial charge in [-0.3, -0.25) is 4.90 Å². The largest absolute Gasteiger partial charge is 0.459 e. The zero-order valence-corrected chi connectivity index (χ0v) is 22.8. The summed E-state index contributed by atoms with van der Waals surface area (Å²) >= 11 is 1.40. The molecule has 1 aliphatic heterocycles. The summed E-state index contributed by atoms with van der Waals surface area (Å²) in [7, 11) is 0. The molecule has 1 aliphatic rings. The van der Waals surface area contributed by atoms with Gasteiger partial charge in [-0.25, -0.2) is 15.0 Å². The maximum absolute atomic E-state index is 9.87. The summed E-state index contributed by atoms with van der Waals surface area (Å²) in [5, 5.41) is 10.5. The number of aromatic nitrogens is 4. The van der Waals surface area contributed by atoms with Crippen LogP contribution in [0.1, 0.15) is 61.4 Å². The molecule has 4 heterocycles. The normalized spacial score (nSPS) is 15.8. The van der Waals surface area contributed by atoms with Crippen molar-refractivity contribution in [1.29, 1.82) is 5.26 Å². The number of piperidine rings is 1. The Balaban J connectivity index is 1.19. The van der Waals surface area contributed by atoms with Crippen molar-refractivity contribution < 1.29 is 9.47 Å². The van der Waals surface area contributed by atoms with E-state index in [0.717, 1.165) is 48.4 Å². The van der Waals surface area contributed by atoms with E-state index in [-0.39, 0.29) is 11.6 Å². The number of ether oxygens (including phenoxy) is 2. The average Bonchev–Trinajstić information content (AvgIpc) is 3.33. The minimum atomic E-state index is -0.610. The lowest BCUT2D eigenvalue weighted by molar-refractivity contribution is -0.0827. The van der Waals surface area contributed by atoms with Gasteiger partial charge in [-0.2, -0.15) is 10.2 Å². The van der Waals surface area contributed by atoms with E-state index in [1.165, 1.54) is 16.9 Å². The minimum Gasteiger partial charge on any atom is -0.459 e. The Labute approximate surface area is 227 Å². The zero-order chi connectivity index (χ0) is 26.5. The standard InChI is InChI=1S/C29H32N6O2S/c1-29(2,3)37-22-10-14-35(15-11-22)18-20-6-4-7-21(16-20)19-36-28-32-13-9-24(34-28)23(17-30)26-33-25-8-5-12-31-27(25)38-26/h4-9,12-13,16,22-23H,10-11,14-15,18-19H2,1-3H3. The number of hydrogen-bond acceptors (Lipinski definition) is 9. The van der Waals surface area contributed by atoms with Gasteiger partial charge in [-0.1, -0.05) is 35.6 Å². The van der Waals surface area contributed by atoms with Gasteiger partial charge in [0.05, 0.1) is 23.5 Å². The summed E-state index contributed by atoms with van der Waals surface area (Å²) < 4.78 is 12.1. The highest BCUT2D eigenvalue weighted by molar-refractivity contribution is 7.18. The molecule has 1 unspecified atom stereocenters. The third-order valence-electron chi connectivity index (χ3n) is 6.33. The van der Waals surface area contributed by atoms with Crippen molar-refractivity contribution in [2.24, 2.45) is 0 Å². The van der Waals surface area contributed by atoms with Gasteiger partial charge in [0.2, 0.25) is 0 Å². The highest BCUT2D eigenvalue weighted by Gasteiger charge is 2.24. The van der Waals surface area contributed by atoms with E-state index in [0.29, 0.717) is 23.4 Å². The van der Waals surface area contributed by atoms with Gasteiger partial charge in [-0.05, 0) is 62.9 Å². The fourth-order valence-electron chi connectivity index (χ4n) is 4.65. The summed E-state index contributed by atoms with van der Waals surface area (Å²) in [6.07, 6.45) is 5.81. The SMILES string of the molecule is CC(C)(C)OC1CCN(Cc2cccc(COc3nccc(C(C#N)c4nc5cccnc5s4)n3)c2)CC1. The van der Waals surface area contributed by atoms with E-state index in [1.54, 1.807) is 18.5 Å². The topological polar surface area (TPSA) is 97.1 Å². The molecule has 0 N–H and O–H groups in total. The summed E-state index contributed by atoms with van der Waals surface area (Å²) in [6.45, 7) is 9.69. The molecule has 4 aromatic rings. The molecule has 3 aromatic heterocycles. The van der Waals surface area contributed by atoms with Crippen LogP contribution in [-0.4, -0.2) is 49.6 Å². The number of rotatable bonds is 8. The monoisotopic (exact) mass is 528 g/mol. The Kier molecular flexibility index (Phi) is 7.93. The van der Waals surface area contributed by atoms with E-state index < -0.39 is 5.92 Å². The van der Waals surface area contributed by atoms with E-state index >= 15 is 0 Å². The van der Waals surface area contributed by atoms with Gasteiger partial charge < -0.3 is 9.47 Å². The van der Waals surface area contributed by atoms with E-state index in [4.69, 9.17) is 9.47 Å². The number of hydrogen-bond donors (Lipinski definition) is 0. The summed E-state index contributed by atoms with van der Waals surface area (Å²) in [4.78, 5) is 21.0. The lowest BCUT2D eigenvalue weighted by Gasteiger charge is -2.35. The quantitative estimate of drug-likeness (QED) is 0.296. The smallest absolute Gasteiger partial charge is 0.316 e. The number of nitriles is 1. The molecule has 196 valence electrons. The highest BCUT2D eigenvalue weighted by Crippen LogP contribution is 2.30. The maximum Gasteiger partial charge on any atom is 0.316 e. The molecule has 8 nitrogen and oxygen atoms in total. The Morgan fingerprint density at radius 3 is 2.63 bits per heavy atom. The average molecular weight is 529 g/mol. The number of thiazole rings is 1. The van der Waals surface area contributed by atoms with Crippen molar-refractivity contribution in [2.75, 3.05) is 13.1 Å². The first-order valence-corrected chi connectivity index (χ1v) is 13.7. The predicted octanol–water partition coefficient (Wildman–Crippen LogP) is 5.50. The van der Waals surface area contributed by atoms with E-state index in [9.17, 15) is 5.26 Å². The number of fused-ring (bicyclic) bond motifs is 1. The first-order valence-electron chi connectivity index (χ1n) is 12.9.